The lowest BCUT2D eigenvalue weighted by atomic mass is 9.83. The van der Waals surface area contributed by atoms with Gasteiger partial charge in [-0.1, -0.05) is 60.7 Å². The highest BCUT2D eigenvalue weighted by atomic mass is 14.2. The SMILES string of the molecule is C1=c2ccc3ccc4ccc5cccc6c(c2c3c4c56)CC1. The third-order valence-electron chi connectivity index (χ3n) is 5.43. The summed E-state index contributed by atoms with van der Waals surface area (Å²) in [4.78, 5) is 0. The molecule has 0 heteroatoms. The highest BCUT2D eigenvalue weighted by Gasteiger charge is 2.18. The van der Waals surface area contributed by atoms with Crippen molar-refractivity contribution in [3.63, 3.8) is 0 Å². The van der Waals surface area contributed by atoms with Crippen molar-refractivity contribution < 1.29 is 0 Å². The van der Waals surface area contributed by atoms with E-state index in [0.29, 0.717) is 0 Å². The molecule has 0 radical (unpaired) electrons. The lowest BCUT2D eigenvalue weighted by Gasteiger charge is -2.20. The Morgan fingerprint density at radius 2 is 1.27 bits per heavy atom. The molecule has 0 aliphatic heterocycles. The zero-order chi connectivity index (χ0) is 14.3. The molecule has 0 heterocycles. The molecule has 0 amide bonds. The van der Waals surface area contributed by atoms with E-state index in [2.05, 4.69) is 60.7 Å². The lowest BCUT2D eigenvalue weighted by Crippen LogP contribution is -2.11. The summed E-state index contributed by atoms with van der Waals surface area (Å²) < 4.78 is 0. The summed E-state index contributed by atoms with van der Waals surface area (Å²) in [6.07, 6.45) is 4.73. The van der Waals surface area contributed by atoms with E-state index in [1.54, 1.807) is 5.56 Å². The summed E-state index contributed by atoms with van der Waals surface area (Å²) in [5, 5.41) is 12.9. The molecule has 22 heavy (non-hydrogen) atoms. The average molecular weight is 278 g/mol. The van der Waals surface area contributed by atoms with Crippen LogP contribution in [0.2, 0.25) is 0 Å². The molecule has 102 valence electrons. The van der Waals surface area contributed by atoms with Gasteiger partial charge in [0.25, 0.3) is 0 Å². The normalized spacial score (nSPS) is 14.4. The topological polar surface area (TPSA) is 0 Å². The molecule has 0 saturated carbocycles. The summed E-state index contributed by atoms with van der Waals surface area (Å²) in [6.45, 7) is 0. The Hall–Kier alpha value is -2.60. The van der Waals surface area contributed by atoms with E-state index in [4.69, 9.17) is 0 Å². The van der Waals surface area contributed by atoms with Gasteiger partial charge in [-0.2, -0.15) is 0 Å². The fraction of sp³-hybridized carbons (Fsp3) is 0.0909. The average Bonchev–Trinajstić information content (AvgIpc) is 2.59. The van der Waals surface area contributed by atoms with Gasteiger partial charge in [0.05, 0.1) is 0 Å². The third-order valence-corrected chi connectivity index (χ3v) is 5.43. The number of hydrogen-bond donors (Lipinski definition) is 0. The predicted molar refractivity (Wildman–Crippen MR) is 95.7 cm³/mol. The van der Waals surface area contributed by atoms with Gasteiger partial charge in [0.15, 0.2) is 0 Å². The van der Waals surface area contributed by atoms with E-state index < -0.39 is 0 Å². The van der Waals surface area contributed by atoms with Crippen molar-refractivity contribution >= 4 is 49.2 Å². The molecular formula is C22H14. The predicted octanol–water partition coefficient (Wildman–Crippen LogP) is 5.18. The van der Waals surface area contributed by atoms with Crippen molar-refractivity contribution in [2.75, 3.05) is 0 Å². The van der Waals surface area contributed by atoms with E-state index in [1.165, 1.54) is 48.3 Å². The molecule has 1 aliphatic rings. The van der Waals surface area contributed by atoms with Crippen LogP contribution in [0.5, 0.6) is 0 Å². The first-order chi connectivity index (χ1) is 10.9. The molecule has 5 aromatic carbocycles. The maximum Gasteiger partial charge on any atom is -0.00143 e. The molecule has 5 aromatic rings. The van der Waals surface area contributed by atoms with E-state index >= 15 is 0 Å². The first-order valence-corrected chi connectivity index (χ1v) is 8.03. The van der Waals surface area contributed by atoms with Crippen LogP contribution in [0, 0.1) is 0 Å². The number of hydrogen-bond acceptors (Lipinski definition) is 0. The Morgan fingerprint density at radius 1 is 0.591 bits per heavy atom. The minimum Gasteiger partial charge on any atom is -0.0763 e. The Labute approximate surface area is 128 Å². The first-order valence-electron chi connectivity index (χ1n) is 8.03. The molecule has 0 fully saturated rings. The van der Waals surface area contributed by atoms with Crippen molar-refractivity contribution in [3.8, 4) is 0 Å². The van der Waals surface area contributed by atoms with Gasteiger partial charge in [-0.15, -0.1) is 0 Å². The van der Waals surface area contributed by atoms with Gasteiger partial charge in [0.2, 0.25) is 0 Å². The van der Waals surface area contributed by atoms with Gasteiger partial charge in [-0.05, 0) is 66.7 Å². The van der Waals surface area contributed by atoms with Gasteiger partial charge in [0, 0.05) is 0 Å². The summed E-state index contributed by atoms with van der Waals surface area (Å²) >= 11 is 0. The van der Waals surface area contributed by atoms with Crippen LogP contribution in [0.15, 0.2) is 54.6 Å². The Morgan fingerprint density at radius 3 is 2.09 bits per heavy atom. The van der Waals surface area contributed by atoms with Crippen LogP contribution in [0.3, 0.4) is 0 Å². The molecule has 6 rings (SSSR count). The number of benzene rings is 5. The quantitative estimate of drug-likeness (QED) is 0.270. The van der Waals surface area contributed by atoms with Crippen molar-refractivity contribution in [1.82, 2.24) is 0 Å². The van der Waals surface area contributed by atoms with E-state index in [9.17, 15) is 0 Å². The molecule has 0 unspecified atom stereocenters. The molecule has 0 bridgehead atoms. The second kappa shape index (κ2) is 3.59. The Balaban J connectivity index is 2.17. The van der Waals surface area contributed by atoms with Crippen molar-refractivity contribution in [1.29, 1.82) is 0 Å². The zero-order valence-corrected chi connectivity index (χ0v) is 12.2. The summed E-state index contributed by atoms with van der Waals surface area (Å²) in [7, 11) is 0. The van der Waals surface area contributed by atoms with Crippen LogP contribution in [0.25, 0.3) is 49.2 Å². The molecule has 0 N–H and O–H groups in total. The number of rotatable bonds is 0. The van der Waals surface area contributed by atoms with Gasteiger partial charge in [0.1, 0.15) is 0 Å². The first kappa shape index (κ1) is 11.0. The second-order valence-corrected chi connectivity index (χ2v) is 6.48. The Kier molecular flexibility index (Phi) is 1.80. The highest BCUT2D eigenvalue weighted by Crippen LogP contribution is 2.42. The zero-order valence-electron chi connectivity index (χ0n) is 12.2. The summed E-state index contributed by atoms with van der Waals surface area (Å²) in [5.41, 5.74) is 1.56. The largest absolute Gasteiger partial charge is 0.0763 e. The van der Waals surface area contributed by atoms with Gasteiger partial charge < -0.3 is 0 Å². The van der Waals surface area contributed by atoms with Crippen LogP contribution in [0.4, 0.5) is 0 Å². The minimum atomic E-state index is 1.16. The van der Waals surface area contributed by atoms with E-state index in [-0.39, 0.29) is 0 Å². The summed E-state index contributed by atoms with van der Waals surface area (Å²) in [6, 6.07) is 20.5. The third kappa shape index (κ3) is 1.13. The number of fused-ring (bicyclic) bond motifs is 1. The minimum absolute atomic E-state index is 1.16. The van der Waals surface area contributed by atoms with Gasteiger partial charge in [-0.3, -0.25) is 0 Å². The second-order valence-electron chi connectivity index (χ2n) is 6.48. The van der Waals surface area contributed by atoms with Crippen LogP contribution in [-0.2, 0) is 6.42 Å². The van der Waals surface area contributed by atoms with Gasteiger partial charge >= 0.3 is 0 Å². The van der Waals surface area contributed by atoms with E-state index in [1.807, 2.05) is 0 Å². The molecule has 0 saturated heterocycles. The molecule has 0 spiro atoms. The highest BCUT2D eigenvalue weighted by molar-refractivity contribution is 6.32. The molecule has 0 aromatic heterocycles. The van der Waals surface area contributed by atoms with Crippen LogP contribution in [0.1, 0.15) is 12.0 Å². The fourth-order valence-electron chi connectivity index (χ4n) is 4.54. The monoisotopic (exact) mass is 278 g/mol. The van der Waals surface area contributed by atoms with Crippen LogP contribution in [-0.4, -0.2) is 0 Å². The molecule has 0 atom stereocenters. The fourth-order valence-corrected chi connectivity index (χ4v) is 4.54. The van der Waals surface area contributed by atoms with Gasteiger partial charge in [-0.25, -0.2) is 0 Å². The standard InChI is InChI=1S/C22H14/c1-3-13-7-9-15-11-12-16-10-8-14-4-2-6-18-17(5-1)19(13)21(15)22(16)20(14)18/h1,3-5,7-12H,2,6H2. The smallest absolute Gasteiger partial charge is 0.00143 e. The van der Waals surface area contributed by atoms with Crippen molar-refractivity contribution in [3.05, 3.63) is 65.4 Å². The van der Waals surface area contributed by atoms with Crippen LogP contribution >= 0.6 is 0 Å². The maximum atomic E-state index is 2.41. The molecular weight excluding hydrogens is 264 g/mol. The molecule has 0 nitrogen and oxygen atoms in total. The Bertz CT molecular complexity index is 1250. The maximum absolute atomic E-state index is 2.41. The molecule has 1 aliphatic carbocycles. The van der Waals surface area contributed by atoms with Crippen molar-refractivity contribution in [2.45, 2.75) is 12.8 Å². The van der Waals surface area contributed by atoms with E-state index in [0.717, 1.165) is 12.8 Å². The van der Waals surface area contributed by atoms with Crippen molar-refractivity contribution in [2.24, 2.45) is 0 Å². The number of aryl methyl sites for hydroxylation is 1. The summed E-state index contributed by atoms with van der Waals surface area (Å²) in [5.74, 6) is 0. The van der Waals surface area contributed by atoms with Crippen LogP contribution < -0.4 is 5.22 Å². The lowest BCUT2D eigenvalue weighted by molar-refractivity contribution is 1.05.